The number of ether oxygens (including phenoxy) is 1. The first-order chi connectivity index (χ1) is 12.1. The molecule has 0 bridgehead atoms. The van der Waals surface area contributed by atoms with Crippen molar-refractivity contribution in [3.8, 4) is 0 Å². The summed E-state index contributed by atoms with van der Waals surface area (Å²) in [5.74, 6) is -0.647. The smallest absolute Gasteiger partial charge is 0.407 e. The lowest BCUT2D eigenvalue weighted by molar-refractivity contribution is -0.150. The molecule has 0 aromatic heterocycles. The first-order valence-electron chi connectivity index (χ1n) is 8.57. The molecule has 0 saturated heterocycles. The average molecular weight is 362 g/mol. The second-order valence-electron chi connectivity index (χ2n) is 7.50. The van der Waals surface area contributed by atoms with Crippen LogP contribution in [0.1, 0.15) is 37.5 Å². The van der Waals surface area contributed by atoms with Crippen molar-refractivity contribution in [1.82, 2.24) is 9.80 Å². The van der Waals surface area contributed by atoms with E-state index in [0.717, 1.165) is 16.7 Å². The first kappa shape index (κ1) is 19.8. The van der Waals surface area contributed by atoms with E-state index in [-0.39, 0.29) is 25.5 Å². The van der Waals surface area contributed by atoms with Crippen LogP contribution in [0.2, 0.25) is 0 Å². The number of amides is 2. The van der Waals surface area contributed by atoms with Gasteiger partial charge in [-0.15, -0.1) is 0 Å². The third-order valence-electron chi connectivity index (χ3n) is 4.48. The van der Waals surface area contributed by atoms with E-state index in [0.29, 0.717) is 13.0 Å². The van der Waals surface area contributed by atoms with Crippen LogP contribution in [-0.2, 0) is 33.8 Å². The summed E-state index contributed by atoms with van der Waals surface area (Å²) < 4.78 is 4.72. The molecule has 0 unspecified atom stereocenters. The molecule has 0 aliphatic carbocycles. The topological polar surface area (TPSA) is 87.2 Å². The van der Waals surface area contributed by atoms with E-state index in [1.807, 2.05) is 18.2 Å². The van der Waals surface area contributed by atoms with E-state index in [9.17, 15) is 19.5 Å². The Morgan fingerprint density at radius 3 is 2.54 bits per heavy atom. The number of methoxy groups -OCH3 is 1. The fourth-order valence-corrected chi connectivity index (χ4v) is 3.06. The first-order valence-corrected chi connectivity index (χ1v) is 8.57. The van der Waals surface area contributed by atoms with Crippen molar-refractivity contribution in [1.29, 1.82) is 0 Å². The van der Waals surface area contributed by atoms with Gasteiger partial charge in [-0.05, 0) is 23.1 Å². The van der Waals surface area contributed by atoms with Gasteiger partial charge in [0.05, 0.1) is 7.11 Å². The minimum absolute atomic E-state index is 0.140. The number of carbonyl (C=O) groups is 3. The molecule has 142 valence electrons. The molecular formula is C19H26N2O5. The predicted octanol–water partition coefficient (Wildman–Crippen LogP) is 2.27. The second kappa shape index (κ2) is 7.76. The molecule has 2 rings (SSSR count). The maximum Gasteiger partial charge on any atom is 0.407 e. The number of carbonyl (C=O) groups excluding carboxylic acids is 2. The highest BCUT2D eigenvalue weighted by molar-refractivity contribution is 5.85. The quantitative estimate of drug-likeness (QED) is 0.830. The maximum atomic E-state index is 12.8. The lowest BCUT2D eigenvalue weighted by Crippen LogP contribution is -2.43. The van der Waals surface area contributed by atoms with Gasteiger partial charge in [-0.3, -0.25) is 9.59 Å². The molecule has 7 heteroatoms. The number of hydrogen-bond donors (Lipinski definition) is 1. The highest BCUT2D eigenvalue weighted by atomic mass is 16.5. The Hall–Kier alpha value is -2.57. The number of esters is 1. The van der Waals surface area contributed by atoms with Crippen molar-refractivity contribution in [3.63, 3.8) is 0 Å². The Kier molecular flexibility index (Phi) is 5.90. The summed E-state index contributed by atoms with van der Waals surface area (Å²) in [6.45, 7) is 6.24. The monoisotopic (exact) mass is 362 g/mol. The molecule has 0 atom stereocenters. The summed E-state index contributed by atoms with van der Waals surface area (Å²) in [6, 6.07) is 5.77. The van der Waals surface area contributed by atoms with Gasteiger partial charge in [0.25, 0.3) is 0 Å². The third-order valence-corrected chi connectivity index (χ3v) is 4.48. The number of nitrogens with zero attached hydrogens (tertiary/aromatic N) is 2. The molecule has 0 saturated carbocycles. The minimum Gasteiger partial charge on any atom is -0.468 e. The zero-order valence-electron chi connectivity index (χ0n) is 15.7. The van der Waals surface area contributed by atoms with E-state index < -0.39 is 17.5 Å². The van der Waals surface area contributed by atoms with E-state index >= 15 is 0 Å². The Balaban J connectivity index is 2.32. The van der Waals surface area contributed by atoms with Gasteiger partial charge >= 0.3 is 12.1 Å². The van der Waals surface area contributed by atoms with Crippen molar-refractivity contribution in [2.75, 3.05) is 20.2 Å². The summed E-state index contributed by atoms with van der Waals surface area (Å²) in [7, 11) is 1.29. The number of benzene rings is 1. The van der Waals surface area contributed by atoms with Gasteiger partial charge in [0.2, 0.25) is 5.91 Å². The molecule has 1 N–H and O–H groups in total. The summed E-state index contributed by atoms with van der Waals surface area (Å²) in [4.78, 5) is 38.7. The lowest BCUT2D eigenvalue weighted by atomic mass is 9.92. The van der Waals surface area contributed by atoms with Crippen LogP contribution in [0, 0.1) is 5.41 Å². The van der Waals surface area contributed by atoms with Crippen LogP contribution in [0.4, 0.5) is 4.79 Å². The Bertz CT molecular complexity index is 708. The van der Waals surface area contributed by atoms with Crippen molar-refractivity contribution in [2.24, 2.45) is 5.41 Å². The van der Waals surface area contributed by atoms with Crippen LogP contribution in [0.3, 0.4) is 0 Å². The van der Waals surface area contributed by atoms with Crippen molar-refractivity contribution >= 4 is 18.0 Å². The summed E-state index contributed by atoms with van der Waals surface area (Å²) >= 11 is 0. The van der Waals surface area contributed by atoms with Crippen LogP contribution in [0.25, 0.3) is 0 Å². The van der Waals surface area contributed by atoms with E-state index in [4.69, 9.17) is 4.74 Å². The largest absolute Gasteiger partial charge is 0.468 e. The molecule has 1 aromatic carbocycles. The van der Waals surface area contributed by atoms with Gasteiger partial charge in [0, 0.05) is 25.0 Å². The highest BCUT2D eigenvalue weighted by Gasteiger charge is 2.30. The molecule has 1 aliphatic heterocycles. The molecule has 26 heavy (non-hydrogen) atoms. The van der Waals surface area contributed by atoms with Crippen molar-refractivity contribution in [2.45, 2.75) is 40.3 Å². The highest BCUT2D eigenvalue weighted by Crippen LogP contribution is 2.26. The SMILES string of the molecule is COC(=O)CN(Cc1cccc2c1CN(C(=O)O)CC2)C(=O)C(C)(C)C. The van der Waals surface area contributed by atoms with Gasteiger partial charge in [0.1, 0.15) is 6.54 Å². The standard InChI is InChI=1S/C19H26N2O5/c1-19(2,3)17(23)21(12-16(22)26-4)10-14-7-5-6-13-8-9-20(18(24)25)11-15(13)14/h5-7H,8-12H2,1-4H3,(H,24,25). The van der Waals surface area contributed by atoms with Gasteiger partial charge in [0.15, 0.2) is 0 Å². The maximum absolute atomic E-state index is 12.8. The van der Waals surface area contributed by atoms with E-state index in [1.165, 1.54) is 16.9 Å². The fraction of sp³-hybridized carbons (Fsp3) is 0.526. The molecule has 1 aromatic rings. The zero-order valence-corrected chi connectivity index (χ0v) is 15.7. The van der Waals surface area contributed by atoms with Gasteiger partial charge in [-0.1, -0.05) is 39.0 Å². The molecule has 1 heterocycles. The van der Waals surface area contributed by atoms with Crippen molar-refractivity contribution < 1.29 is 24.2 Å². The van der Waals surface area contributed by atoms with Crippen LogP contribution < -0.4 is 0 Å². The number of fused-ring (bicyclic) bond motifs is 1. The van der Waals surface area contributed by atoms with Gasteiger partial charge in [-0.25, -0.2) is 4.79 Å². The van der Waals surface area contributed by atoms with Crippen molar-refractivity contribution in [3.05, 3.63) is 34.9 Å². The van der Waals surface area contributed by atoms with Crippen LogP contribution in [0.15, 0.2) is 18.2 Å². The molecule has 0 spiro atoms. The van der Waals surface area contributed by atoms with Gasteiger partial charge < -0.3 is 19.6 Å². The molecule has 0 radical (unpaired) electrons. The van der Waals surface area contributed by atoms with Crippen LogP contribution in [-0.4, -0.2) is 53.1 Å². The summed E-state index contributed by atoms with van der Waals surface area (Å²) in [5, 5.41) is 9.28. The Labute approximate surface area is 153 Å². The fourth-order valence-electron chi connectivity index (χ4n) is 3.06. The lowest BCUT2D eigenvalue weighted by Gasteiger charge is -2.32. The summed E-state index contributed by atoms with van der Waals surface area (Å²) in [6.07, 6.45) is -0.317. The van der Waals surface area contributed by atoms with Gasteiger partial charge in [-0.2, -0.15) is 0 Å². The van der Waals surface area contributed by atoms with E-state index in [2.05, 4.69) is 0 Å². The number of rotatable bonds is 4. The summed E-state index contributed by atoms with van der Waals surface area (Å²) in [5.41, 5.74) is 2.21. The van der Waals surface area contributed by atoms with E-state index in [1.54, 1.807) is 20.8 Å². The van der Waals surface area contributed by atoms with Crippen LogP contribution in [0.5, 0.6) is 0 Å². The molecule has 2 amide bonds. The normalized spacial score (nSPS) is 13.8. The molecule has 0 fully saturated rings. The van der Waals surface area contributed by atoms with Crippen LogP contribution >= 0.6 is 0 Å². The number of carboxylic acid groups (broad SMARTS) is 1. The zero-order chi connectivity index (χ0) is 19.5. The molecule has 7 nitrogen and oxygen atoms in total. The third kappa shape index (κ3) is 4.53. The Morgan fingerprint density at radius 1 is 1.27 bits per heavy atom. The number of hydrogen-bond acceptors (Lipinski definition) is 4. The molecule has 1 aliphatic rings. The predicted molar refractivity (Wildman–Crippen MR) is 95.5 cm³/mol. The average Bonchev–Trinajstić information content (AvgIpc) is 2.59. The molecular weight excluding hydrogens is 336 g/mol. The minimum atomic E-state index is -0.956. The second-order valence-corrected chi connectivity index (χ2v) is 7.50. The Morgan fingerprint density at radius 2 is 1.96 bits per heavy atom.